The van der Waals surface area contributed by atoms with Crippen molar-refractivity contribution in [3.63, 3.8) is 0 Å². The van der Waals surface area contributed by atoms with E-state index in [0.29, 0.717) is 0 Å². The lowest BCUT2D eigenvalue weighted by atomic mass is 10.0. The van der Waals surface area contributed by atoms with Gasteiger partial charge >= 0.3 is 0 Å². The molecule has 0 saturated heterocycles. The van der Waals surface area contributed by atoms with Crippen LogP contribution in [0.15, 0.2) is 66.9 Å². The van der Waals surface area contributed by atoms with Gasteiger partial charge in [0.25, 0.3) is 0 Å². The molecule has 4 heteroatoms. The highest BCUT2D eigenvalue weighted by atomic mass is 16.5. The van der Waals surface area contributed by atoms with Crippen molar-refractivity contribution in [2.45, 2.75) is 25.6 Å². The van der Waals surface area contributed by atoms with Crippen LogP contribution in [0.5, 0.6) is 11.5 Å². The number of fused-ring (bicyclic) bond motifs is 1. The van der Waals surface area contributed by atoms with E-state index < -0.39 is 0 Å². The lowest BCUT2D eigenvalue weighted by molar-refractivity contribution is 0.220. The van der Waals surface area contributed by atoms with Crippen molar-refractivity contribution in [2.24, 2.45) is 0 Å². The van der Waals surface area contributed by atoms with Crippen molar-refractivity contribution < 1.29 is 9.47 Å². The summed E-state index contributed by atoms with van der Waals surface area (Å²) in [5, 5.41) is 0. The van der Waals surface area contributed by atoms with E-state index in [1.54, 1.807) is 14.2 Å². The molecular formula is C23H26N2O2. The summed E-state index contributed by atoms with van der Waals surface area (Å²) in [6, 6.07) is 21.6. The van der Waals surface area contributed by atoms with E-state index in [0.717, 1.165) is 37.6 Å². The first kappa shape index (κ1) is 17.7. The number of ether oxygens (including phenoxy) is 2. The Morgan fingerprint density at radius 1 is 0.889 bits per heavy atom. The lowest BCUT2D eigenvalue weighted by Gasteiger charge is -2.31. The Labute approximate surface area is 161 Å². The zero-order chi connectivity index (χ0) is 18.6. The molecule has 4 nitrogen and oxygen atoms in total. The Hall–Kier alpha value is -2.72. The average molecular weight is 362 g/mol. The Morgan fingerprint density at radius 2 is 1.70 bits per heavy atom. The molecule has 0 bridgehead atoms. The van der Waals surface area contributed by atoms with E-state index in [9.17, 15) is 0 Å². The van der Waals surface area contributed by atoms with Gasteiger partial charge in [0.15, 0.2) is 11.5 Å². The summed E-state index contributed by atoms with van der Waals surface area (Å²) in [7, 11) is 3.37. The summed E-state index contributed by atoms with van der Waals surface area (Å²) in [6.07, 6.45) is 3.33. The summed E-state index contributed by atoms with van der Waals surface area (Å²) < 4.78 is 13.4. The maximum absolute atomic E-state index is 5.57. The maximum atomic E-state index is 5.57. The van der Waals surface area contributed by atoms with Gasteiger partial charge in [0.1, 0.15) is 0 Å². The molecule has 2 heterocycles. The topological polar surface area (TPSA) is 26.6 Å². The van der Waals surface area contributed by atoms with E-state index in [1.165, 1.54) is 16.8 Å². The number of hydrogen-bond donors (Lipinski definition) is 0. The van der Waals surface area contributed by atoms with Crippen LogP contribution in [0.2, 0.25) is 0 Å². The van der Waals surface area contributed by atoms with Gasteiger partial charge in [0.2, 0.25) is 0 Å². The molecular weight excluding hydrogens is 336 g/mol. The average Bonchev–Trinajstić information content (AvgIpc) is 3.10. The SMILES string of the molecule is COc1ccc([C@H]2c3cccn3CCCN2Cc2ccccc2)cc1OC. The van der Waals surface area contributed by atoms with E-state index >= 15 is 0 Å². The number of hydrogen-bond acceptors (Lipinski definition) is 3. The molecule has 0 fully saturated rings. The van der Waals surface area contributed by atoms with Gasteiger partial charge in [0, 0.05) is 31.5 Å². The van der Waals surface area contributed by atoms with Crippen LogP contribution in [0.1, 0.15) is 29.3 Å². The Bertz CT molecular complexity index is 888. The zero-order valence-electron chi connectivity index (χ0n) is 16.0. The molecule has 140 valence electrons. The van der Waals surface area contributed by atoms with Crippen LogP contribution in [0.25, 0.3) is 0 Å². The van der Waals surface area contributed by atoms with Gasteiger partial charge < -0.3 is 14.0 Å². The third kappa shape index (κ3) is 3.58. The smallest absolute Gasteiger partial charge is 0.161 e. The van der Waals surface area contributed by atoms with Crippen LogP contribution in [-0.2, 0) is 13.1 Å². The monoisotopic (exact) mass is 362 g/mol. The first-order valence-electron chi connectivity index (χ1n) is 9.45. The molecule has 2 aromatic carbocycles. The molecule has 1 aliphatic rings. The van der Waals surface area contributed by atoms with Crippen LogP contribution < -0.4 is 9.47 Å². The summed E-state index contributed by atoms with van der Waals surface area (Å²) in [4.78, 5) is 2.56. The summed E-state index contributed by atoms with van der Waals surface area (Å²) >= 11 is 0. The largest absolute Gasteiger partial charge is 0.493 e. The van der Waals surface area contributed by atoms with Gasteiger partial charge in [-0.1, -0.05) is 36.4 Å². The Kier molecular flexibility index (Phi) is 5.16. The molecule has 1 atom stereocenters. The third-order valence-electron chi connectivity index (χ3n) is 5.31. The van der Waals surface area contributed by atoms with Crippen LogP contribution >= 0.6 is 0 Å². The van der Waals surface area contributed by atoms with Crippen molar-refractivity contribution in [2.75, 3.05) is 20.8 Å². The first-order valence-corrected chi connectivity index (χ1v) is 9.45. The first-order chi connectivity index (χ1) is 13.3. The van der Waals surface area contributed by atoms with Gasteiger partial charge in [-0.25, -0.2) is 0 Å². The predicted octanol–water partition coefficient (Wildman–Crippen LogP) is 4.50. The molecule has 1 aromatic heterocycles. The molecule has 3 aromatic rings. The molecule has 4 rings (SSSR count). The maximum Gasteiger partial charge on any atom is 0.161 e. The molecule has 1 aliphatic heterocycles. The lowest BCUT2D eigenvalue weighted by Crippen LogP contribution is -2.29. The highest BCUT2D eigenvalue weighted by Crippen LogP contribution is 2.37. The number of methoxy groups -OCH3 is 2. The van der Waals surface area contributed by atoms with Gasteiger partial charge in [0.05, 0.1) is 20.3 Å². The van der Waals surface area contributed by atoms with E-state index in [1.807, 2.05) is 6.07 Å². The van der Waals surface area contributed by atoms with Gasteiger partial charge in [-0.15, -0.1) is 0 Å². The molecule has 0 N–H and O–H groups in total. The fraction of sp³-hybridized carbons (Fsp3) is 0.304. The van der Waals surface area contributed by atoms with Crippen LogP contribution in [0.4, 0.5) is 0 Å². The highest BCUT2D eigenvalue weighted by Gasteiger charge is 2.28. The number of aromatic nitrogens is 1. The van der Waals surface area contributed by atoms with Crippen LogP contribution in [0, 0.1) is 0 Å². The highest BCUT2D eigenvalue weighted by molar-refractivity contribution is 5.45. The molecule has 0 radical (unpaired) electrons. The minimum absolute atomic E-state index is 0.183. The Balaban J connectivity index is 1.76. The molecule has 0 unspecified atom stereocenters. The summed E-state index contributed by atoms with van der Waals surface area (Å²) in [5.74, 6) is 1.54. The molecule has 0 spiro atoms. The third-order valence-corrected chi connectivity index (χ3v) is 5.31. The second-order valence-electron chi connectivity index (χ2n) is 6.95. The second-order valence-corrected chi connectivity index (χ2v) is 6.95. The Morgan fingerprint density at radius 3 is 2.48 bits per heavy atom. The number of aryl methyl sites for hydroxylation is 1. The predicted molar refractivity (Wildman–Crippen MR) is 107 cm³/mol. The van der Waals surface area contributed by atoms with Gasteiger partial charge in [-0.3, -0.25) is 4.90 Å². The molecule has 0 aliphatic carbocycles. The molecule has 0 saturated carbocycles. The van der Waals surface area contributed by atoms with Crippen molar-refractivity contribution in [1.29, 1.82) is 0 Å². The van der Waals surface area contributed by atoms with Crippen LogP contribution in [0.3, 0.4) is 0 Å². The minimum Gasteiger partial charge on any atom is -0.493 e. The van der Waals surface area contributed by atoms with Crippen molar-refractivity contribution in [1.82, 2.24) is 9.47 Å². The van der Waals surface area contributed by atoms with E-state index in [4.69, 9.17) is 9.47 Å². The number of benzene rings is 2. The normalized spacial score (nSPS) is 17.2. The molecule has 27 heavy (non-hydrogen) atoms. The molecule has 0 amide bonds. The number of rotatable bonds is 5. The number of nitrogens with zero attached hydrogens (tertiary/aromatic N) is 2. The summed E-state index contributed by atoms with van der Waals surface area (Å²) in [5.41, 5.74) is 3.89. The standard InChI is InChI=1S/C23H26N2O2/c1-26-21-12-11-19(16-22(21)27-2)23-20-10-6-13-24(20)14-7-15-25(23)17-18-8-4-3-5-9-18/h3-6,8-13,16,23H,7,14-15,17H2,1-2H3/t23-/m0/s1. The fourth-order valence-electron chi connectivity index (χ4n) is 4.03. The minimum atomic E-state index is 0.183. The van der Waals surface area contributed by atoms with Crippen molar-refractivity contribution in [3.05, 3.63) is 83.7 Å². The van der Waals surface area contributed by atoms with Gasteiger partial charge in [-0.05, 0) is 41.8 Å². The summed E-state index contributed by atoms with van der Waals surface area (Å²) in [6.45, 7) is 3.03. The van der Waals surface area contributed by atoms with E-state index in [-0.39, 0.29) is 6.04 Å². The van der Waals surface area contributed by atoms with Crippen LogP contribution in [-0.4, -0.2) is 30.2 Å². The quantitative estimate of drug-likeness (QED) is 0.668. The zero-order valence-corrected chi connectivity index (χ0v) is 16.0. The van der Waals surface area contributed by atoms with E-state index in [2.05, 4.69) is 70.3 Å². The van der Waals surface area contributed by atoms with Crippen molar-refractivity contribution in [3.8, 4) is 11.5 Å². The second kappa shape index (κ2) is 7.89. The van der Waals surface area contributed by atoms with Gasteiger partial charge in [-0.2, -0.15) is 0 Å². The van der Waals surface area contributed by atoms with Crippen molar-refractivity contribution >= 4 is 0 Å². The fourth-order valence-corrected chi connectivity index (χ4v) is 4.03.